The van der Waals surface area contributed by atoms with Gasteiger partial charge in [0.15, 0.2) is 11.0 Å². The van der Waals surface area contributed by atoms with Crippen LogP contribution in [0.2, 0.25) is 0 Å². The van der Waals surface area contributed by atoms with Crippen LogP contribution in [-0.4, -0.2) is 48.9 Å². The number of hydrogen-bond donors (Lipinski definition) is 1. The molecule has 2 aromatic heterocycles. The quantitative estimate of drug-likeness (QED) is 0.616. The average molecular weight is 398 g/mol. The number of hydrogen-bond acceptors (Lipinski definition) is 6. The van der Waals surface area contributed by atoms with Gasteiger partial charge in [0, 0.05) is 25.5 Å². The molecule has 8 nitrogen and oxygen atoms in total. The lowest BCUT2D eigenvalue weighted by Gasteiger charge is -2.14. The van der Waals surface area contributed by atoms with E-state index >= 15 is 0 Å². The number of amides is 1. The Hall–Kier alpha value is -2.65. The number of nitrogens with one attached hydrogen (secondary N) is 1. The van der Waals surface area contributed by atoms with Crippen LogP contribution < -0.4 is 5.32 Å². The van der Waals surface area contributed by atoms with Gasteiger partial charge in [0.05, 0.1) is 30.2 Å². The van der Waals surface area contributed by atoms with E-state index in [1.807, 2.05) is 48.1 Å². The number of ether oxygens (including phenoxy) is 1. The number of benzene rings is 1. The molecule has 28 heavy (non-hydrogen) atoms. The fraction of sp³-hybridized carbons (Fsp3) is 0.368. The molecular formula is C19H22N6O2S. The van der Waals surface area contributed by atoms with Gasteiger partial charge in [-0.2, -0.15) is 5.10 Å². The van der Waals surface area contributed by atoms with E-state index in [0.29, 0.717) is 11.7 Å². The summed E-state index contributed by atoms with van der Waals surface area (Å²) in [6.45, 7) is 1.46. The molecule has 1 aliphatic rings. The number of aryl methyl sites for hydroxylation is 1. The number of thioether (sulfide) groups is 1. The monoisotopic (exact) mass is 398 g/mol. The molecule has 0 aliphatic carbocycles. The van der Waals surface area contributed by atoms with E-state index in [1.54, 1.807) is 10.9 Å². The molecule has 146 valence electrons. The number of carbonyl (C=O) groups is 1. The van der Waals surface area contributed by atoms with Crippen LogP contribution in [0.3, 0.4) is 0 Å². The third-order valence-corrected chi connectivity index (χ3v) is 5.45. The standard InChI is InChI=1S/C19H22N6O2S/c1-24-11-14(10-20-24)18-22-23-19(25(18)12-16-8-5-9-27-16)28-13-17(26)21-15-6-3-2-4-7-15/h2-4,6-7,10-11,16H,5,8-9,12-13H2,1H3,(H,21,26)/t16-/m1/s1. The first kappa shape index (κ1) is 18.7. The Kier molecular flexibility index (Phi) is 5.73. The first-order valence-electron chi connectivity index (χ1n) is 9.20. The van der Waals surface area contributed by atoms with Crippen LogP contribution in [0.4, 0.5) is 5.69 Å². The first-order chi connectivity index (χ1) is 13.7. The molecule has 4 rings (SSSR count). The van der Waals surface area contributed by atoms with Gasteiger partial charge in [-0.15, -0.1) is 10.2 Å². The summed E-state index contributed by atoms with van der Waals surface area (Å²) < 4.78 is 9.57. The van der Waals surface area contributed by atoms with Crippen molar-refractivity contribution in [3.05, 3.63) is 42.7 Å². The zero-order chi connectivity index (χ0) is 19.3. The Labute approximate surface area is 167 Å². The number of aromatic nitrogens is 5. The largest absolute Gasteiger partial charge is 0.376 e. The summed E-state index contributed by atoms with van der Waals surface area (Å²) in [5.41, 5.74) is 1.68. The molecule has 0 spiro atoms. The van der Waals surface area contributed by atoms with Gasteiger partial charge in [-0.3, -0.25) is 14.0 Å². The van der Waals surface area contributed by atoms with Gasteiger partial charge in [0.1, 0.15) is 0 Å². The molecule has 1 saturated heterocycles. The molecule has 1 aliphatic heterocycles. The van der Waals surface area contributed by atoms with Crippen molar-refractivity contribution < 1.29 is 9.53 Å². The maximum absolute atomic E-state index is 12.3. The van der Waals surface area contributed by atoms with Gasteiger partial charge >= 0.3 is 0 Å². The average Bonchev–Trinajstić information content (AvgIpc) is 3.43. The van der Waals surface area contributed by atoms with Crippen molar-refractivity contribution in [2.45, 2.75) is 30.6 Å². The minimum absolute atomic E-state index is 0.0780. The van der Waals surface area contributed by atoms with Gasteiger partial charge in [-0.05, 0) is 25.0 Å². The van der Waals surface area contributed by atoms with Crippen LogP contribution in [0, 0.1) is 0 Å². The number of carbonyl (C=O) groups excluding carboxylic acids is 1. The minimum Gasteiger partial charge on any atom is -0.376 e. The highest BCUT2D eigenvalue weighted by Crippen LogP contribution is 2.26. The SMILES string of the molecule is Cn1cc(-c2nnc(SCC(=O)Nc3ccccc3)n2C[C@H]2CCCO2)cn1. The molecule has 1 aromatic carbocycles. The molecule has 1 fully saturated rings. The number of nitrogens with zero attached hydrogens (tertiary/aromatic N) is 5. The highest BCUT2D eigenvalue weighted by atomic mass is 32.2. The van der Waals surface area contributed by atoms with E-state index < -0.39 is 0 Å². The number of rotatable bonds is 7. The molecular weight excluding hydrogens is 376 g/mol. The summed E-state index contributed by atoms with van der Waals surface area (Å²) in [7, 11) is 1.87. The summed E-state index contributed by atoms with van der Waals surface area (Å²) >= 11 is 1.37. The lowest BCUT2D eigenvalue weighted by molar-refractivity contribution is -0.113. The van der Waals surface area contributed by atoms with E-state index in [4.69, 9.17) is 4.74 Å². The minimum atomic E-state index is -0.0780. The second kappa shape index (κ2) is 8.57. The van der Waals surface area contributed by atoms with Gasteiger partial charge in [-0.25, -0.2) is 0 Å². The van der Waals surface area contributed by atoms with Crippen LogP contribution in [-0.2, 0) is 23.1 Å². The Bertz CT molecular complexity index is 933. The van der Waals surface area contributed by atoms with Gasteiger partial charge in [0.25, 0.3) is 0 Å². The van der Waals surface area contributed by atoms with Crippen LogP contribution in [0.1, 0.15) is 12.8 Å². The molecule has 0 bridgehead atoms. The summed E-state index contributed by atoms with van der Waals surface area (Å²) in [6.07, 6.45) is 5.91. The number of anilines is 1. The fourth-order valence-electron chi connectivity index (χ4n) is 3.15. The molecule has 1 N–H and O–H groups in total. The highest BCUT2D eigenvalue weighted by Gasteiger charge is 2.22. The van der Waals surface area contributed by atoms with Gasteiger partial charge < -0.3 is 10.1 Å². The van der Waals surface area contributed by atoms with Crippen molar-refractivity contribution in [2.75, 3.05) is 17.7 Å². The third-order valence-electron chi connectivity index (χ3n) is 4.48. The van der Waals surface area contributed by atoms with E-state index in [2.05, 4.69) is 20.6 Å². The Balaban J connectivity index is 1.49. The van der Waals surface area contributed by atoms with Gasteiger partial charge in [0.2, 0.25) is 5.91 Å². The fourth-order valence-corrected chi connectivity index (χ4v) is 3.90. The molecule has 1 amide bonds. The Morgan fingerprint density at radius 1 is 1.32 bits per heavy atom. The van der Waals surface area contributed by atoms with Crippen molar-refractivity contribution in [1.29, 1.82) is 0 Å². The molecule has 0 radical (unpaired) electrons. The van der Waals surface area contributed by atoms with E-state index in [-0.39, 0.29) is 17.8 Å². The lowest BCUT2D eigenvalue weighted by Crippen LogP contribution is -2.18. The van der Waals surface area contributed by atoms with Gasteiger partial charge in [-0.1, -0.05) is 30.0 Å². The molecule has 9 heteroatoms. The van der Waals surface area contributed by atoms with E-state index in [9.17, 15) is 4.79 Å². The highest BCUT2D eigenvalue weighted by molar-refractivity contribution is 7.99. The van der Waals surface area contributed by atoms with Crippen molar-refractivity contribution in [3.8, 4) is 11.4 Å². The van der Waals surface area contributed by atoms with Crippen molar-refractivity contribution in [3.63, 3.8) is 0 Å². The topological polar surface area (TPSA) is 86.9 Å². The summed E-state index contributed by atoms with van der Waals surface area (Å²) in [5.74, 6) is 0.923. The van der Waals surface area contributed by atoms with E-state index in [1.165, 1.54) is 11.8 Å². The molecule has 3 aromatic rings. The predicted octanol–water partition coefficient (Wildman–Crippen LogP) is 2.59. The van der Waals surface area contributed by atoms with Crippen molar-refractivity contribution in [1.82, 2.24) is 24.5 Å². The van der Waals surface area contributed by atoms with Crippen LogP contribution in [0.25, 0.3) is 11.4 Å². The first-order valence-corrected chi connectivity index (χ1v) is 10.2. The summed E-state index contributed by atoms with van der Waals surface area (Å²) in [6, 6.07) is 9.42. The molecule has 0 saturated carbocycles. The molecule has 3 heterocycles. The second-order valence-corrected chi connectivity index (χ2v) is 7.60. The normalized spacial score (nSPS) is 16.4. The zero-order valence-corrected chi connectivity index (χ0v) is 16.4. The zero-order valence-electron chi connectivity index (χ0n) is 15.6. The van der Waals surface area contributed by atoms with Crippen molar-refractivity contribution >= 4 is 23.4 Å². The van der Waals surface area contributed by atoms with Crippen molar-refractivity contribution in [2.24, 2.45) is 7.05 Å². The maximum Gasteiger partial charge on any atom is 0.234 e. The summed E-state index contributed by atoms with van der Waals surface area (Å²) in [4.78, 5) is 12.3. The maximum atomic E-state index is 12.3. The lowest BCUT2D eigenvalue weighted by atomic mass is 10.2. The van der Waals surface area contributed by atoms with Crippen LogP contribution >= 0.6 is 11.8 Å². The summed E-state index contributed by atoms with van der Waals surface area (Å²) in [5, 5.41) is 16.5. The molecule has 1 atom stereocenters. The Morgan fingerprint density at radius 3 is 2.89 bits per heavy atom. The number of para-hydroxylation sites is 1. The molecule has 0 unspecified atom stereocenters. The Morgan fingerprint density at radius 2 is 2.18 bits per heavy atom. The second-order valence-electron chi connectivity index (χ2n) is 6.66. The third kappa shape index (κ3) is 4.42. The van der Waals surface area contributed by atoms with Crippen LogP contribution in [0.5, 0.6) is 0 Å². The van der Waals surface area contributed by atoms with E-state index in [0.717, 1.165) is 36.5 Å². The predicted molar refractivity (Wildman–Crippen MR) is 107 cm³/mol. The smallest absolute Gasteiger partial charge is 0.234 e. The van der Waals surface area contributed by atoms with Crippen LogP contribution in [0.15, 0.2) is 47.9 Å².